The van der Waals surface area contributed by atoms with Crippen molar-refractivity contribution < 1.29 is 9.59 Å². The van der Waals surface area contributed by atoms with E-state index in [4.69, 9.17) is 0 Å². The highest BCUT2D eigenvalue weighted by Gasteiger charge is 2.20. The van der Waals surface area contributed by atoms with E-state index in [1.165, 1.54) is 18.7 Å². The molecular weight excluding hydrogens is 358 g/mol. The lowest BCUT2D eigenvalue weighted by Crippen LogP contribution is -2.15. The number of aromatic nitrogens is 2. The number of imidazole rings is 1. The zero-order valence-electron chi connectivity index (χ0n) is 15.3. The molecule has 1 aromatic heterocycles. The molecule has 1 unspecified atom stereocenters. The number of carbonyl (C=O) groups is 2. The maximum Gasteiger partial charge on any atom is 0.221 e. The molecule has 6 heteroatoms. The number of allylic oxidation sites excluding steroid dienone is 1. The Balaban J connectivity index is 1.80. The van der Waals surface area contributed by atoms with Crippen molar-refractivity contribution in [3.8, 4) is 0 Å². The molecule has 1 N–H and O–H groups in total. The van der Waals surface area contributed by atoms with Gasteiger partial charge in [0.25, 0.3) is 0 Å². The number of amides is 1. The monoisotopic (exact) mass is 379 g/mol. The van der Waals surface area contributed by atoms with Crippen LogP contribution in [-0.4, -0.2) is 26.5 Å². The van der Waals surface area contributed by atoms with Gasteiger partial charge in [-0.05, 0) is 43.3 Å². The lowest BCUT2D eigenvalue weighted by molar-refractivity contribution is -0.114. The number of rotatable bonds is 7. The molecule has 1 atom stereocenters. The van der Waals surface area contributed by atoms with Crippen LogP contribution in [0.2, 0.25) is 0 Å². The van der Waals surface area contributed by atoms with Crippen LogP contribution in [0.5, 0.6) is 0 Å². The maximum absolute atomic E-state index is 12.8. The normalized spacial score (nSPS) is 11.9. The molecule has 138 valence electrons. The predicted molar refractivity (Wildman–Crippen MR) is 110 cm³/mol. The zero-order valence-corrected chi connectivity index (χ0v) is 16.1. The third-order valence-electron chi connectivity index (χ3n) is 4.07. The van der Waals surface area contributed by atoms with Crippen molar-refractivity contribution in [3.63, 3.8) is 0 Å². The highest BCUT2D eigenvalue weighted by Crippen LogP contribution is 2.29. The van der Waals surface area contributed by atoms with Crippen LogP contribution in [0.3, 0.4) is 0 Å². The van der Waals surface area contributed by atoms with E-state index in [-0.39, 0.29) is 16.9 Å². The van der Waals surface area contributed by atoms with Crippen molar-refractivity contribution >= 4 is 40.2 Å². The Morgan fingerprint density at radius 3 is 2.59 bits per heavy atom. The van der Waals surface area contributed by atoms with E-state index in [0.717, 1.165) is 16.2 Å². The summed E-state index contributed by atoms with van der Waals surface area (Å²) >= 11 is 1.44. The summed E-state index contributed by atoms with van der Waals surface area (Å²) < 4.78 is 2.07. The van der Waals surface area contributed by atoms with Crippen molar-refractivity contribution in [1.82, 2.24) is 9.55 Å². The summed E-state index contributed by atoms with van der Waals surface area (Å²) in [4.78, 5) is 28.6. The Hall–Kier alpha value is -2.86. The van der Waals surface area contributed by atoms with Crippen molar-refractivity contribution in [2.75, 3.05) is 5.32 Å². The Kier molecular flexibility index (Phi) is 5.76. The van der Waals surface area contributed by atoms with Gasteiger partial charge in [-0.15, -0.1) is 6.58 Å². The molecule has 0 spiro atoms. The summed E-state index contributed by atoms with van der Waals surface area (Å²) in [6.45, 7) is 7.79. The van der Waals surface area contributed by atoms with Crippen LogP contribution in [-0.2, 0) is 11.3 Å². The van der Waals surface area contributed by atoms with Gasteiger partial charge in [-0.1, -0.05) is 30.0 Å². The van der Waals surface area contributed by atoms with Gasteiger partial charge in [-0.25, -0.2) is 4.98 Å². The molecule has 0 aliphatic carbocycles. The summed E-state index contributed by atoms with van der Waals surface area (Å²) in [6.07, 6.45) is 1.82. The third-order valence-corrected chi connectivity index (χ3v) is 5.16. The van der Waals surface area contributed by atoms with Gasteiger partial charge in [0, 0.05) is 24.7 Å². The fourth-order valence-corrected chi connectivity index (χ4v) is 3.83. The van der Waals surface area contributed by atoms with Gasteiger partial charge in [0.15, 0.2) is 10.9 Å². The van der Waals surface area contributed by atoms with Gasteiger partial charge in [-0.2, -0.15) is 0 Å². The number of ketones is 1. The molecule has 0 aliphatic rings. The van der Waals surface area contributed by atoms with Crippen LogP contribution in [0.1, 0.15) is 24.2 Å². The molecule has 3 rings (SSSR count). The SMILES string of the molecule is C=CCn1c(SC(C)C(=O)c2ccc(NC(C)=O)cc2)nc2ccccc21. The van der Waals surface area contributed by atoms with Crippen LogP contribution in [0.25, 0.3) is 11.0 Å². The number of fused-ring (bicyclic) bond motifs is 1. The number of para-hydroxylation sites is 2. The Morgan fingerprint density at radius 1 is 1.22 bits per heavy atom. The average Bonchev–Trinajstić information content (AvgIpc) is 2.99. The number of hydrogen-bond acceptors (Lipinski definition) is 4. The molecule has 27 heavy (non-hydrogen) atoms. The first-order valence-electron chi connectivity index (χ1n) is 8.64. The molecule has 0 fully saturated rings. The van der Waals surface area contributed by atoms with Crippen LogP contribution in [0, 0.1) is 0 Å². The van der Waals surface area contributed by atoms with E-state index in [2.05, 4.69) is 21.4 Å². The molecule has 3 aromatic rings. The standard InChI is InChI=1S/C21H21N3O2S/c1-4-13-24-19-8-6-5-7-18(19)23-21(24)27-14(2)20(26)16-9-11-17(12-10-16)22-15(3)25/h4-12,14H,1,13H2,2-3H3,(H,22,25). The summed E-state index contributed by atoms with van der Waals surface area (Å²) in [5, 5.41) is 3.20. The molecule has 0 saturated heterocycles. The van der Waals surface area contributed by atoms with Crippen LogP contribution in [0.15, 0.2) is 66.3 Å². The quantitative estimate of drug-likeness (QED) is 0.372. The maximum atomic E-state index is 12.8. The van der Waals surface area contributed by atoms with Crippen LogP contribution >= 0.6 is 11.8 Å². The van der Waals surface area contributed by atoms with E-state index in [0.29, 0.717) is 17.8 Å². The molecule has 5 nitrogen and oxygen atoms in total. The smallest absolute Gasteiger partial charge is 0.221 e. The van der Waals surface area contributed by atoms with Crippen LogP contribution in [0.4, 0.5) is 5.69 Å². The molecule has 0 saturated carbocycles. The summed E-state index contributed by atoms with van der Waals surface area (Å²) in [7, 11) is 0. The molecule has 2 aromatic carbocycles. The van der Waals surface area contributed by atoms with E-state index in [1.807, 2.05) is 37.3 Å². The first kappa shape index (κ1) is 18.9. The summed E-state index contributed by atoms with van der Waals surface area (Å²) in [5.74, 6) is -0.120. The minimum atomic E-state index is -0.294. The number of nitrogens with one attached hydrogen (secondary N) is 1. The number of anilines is 1. The highest BCUT2D eigenvalue weighted by atomic mass is 32.2. The predicted octanol–water partition coefficient (Wildman–Crippen LogP) is 4.54. The summed E-state index contributed by atoms with van der Waals surface area (Å²) in [6, 6.07) is 14.8. The lowest BCUT2D eigenvalue weighted by atomic mass is 10.1. The van der Waals surface area contributed by atoms with E-state index in [9.17, 15) is 9.59 Å². The van der Waals surface area contributed by atoms with E-state index < -0.39 is 0 Å². The second-order valence-corrected chi connectivity index (χ2v) is 7.47. The molecule has 0 bridgehead atoms. The van der Waals surface area contributed by atoms with Crippen molar-refractivity contribution in [3.05, 3.63) is 66.7 Å². The topological polar surface area (TPSA) is 64.0 Å². The fourth-order valence-electron chi connectivity index (χ4n) is 2.82. The number of carbonyl (C=O) groups excluding carboxylic acids is 2. The molecule has 1 heterocycles. The van der Waals surface area contributed by atoms with Gasteiger partial charge < -0.3 is 9.88 Å². The molecular formula is C21H21N3O2S. The molecule has 1 amide bonds. The van der Waals surface area contributed by atoms with Crippen molar-refractivity contribution in [2.24, 2.45) is 0 Å². The summed E-state index contributed by atoms with van der Waals surface area (Å²) in [5.41, 5.74) is 3.21. The minimum absolute atomic E-state index is 0.0200. The van der Waals surface area contributed by atoms with Crippen molar-refractivity contribution in [2.45, 2.75) is 30.8 Å². The van der Waals surface area contributed by atoms with E-state index >= 15 is 0 Å². The number of thioether (sulfide) groups is 1. The second kappa shape index (κ2) is 8.22. The number of benzene rings is 2. The molecule has 0 radical (unpaired) electrons. The number of hydrogen-bond donors (Lipinski definition) is 1. The van der Waals surface area contributed by atoms with Gasteiger partial charge in [0.1, 0.15) is 0 Å². The first-order valence-corrected chi connectivity index (χ1v) is 9.52. The fraction of sp³-hybridized carbons (Fsp3) is 0.190. The van der Waals surface area contributed by atoms with Gasteiger partial charge in [-0.3, -0.25) is 9.59 Å². The van der Waals surface area contributed by atoms with Gasteiger partial charge in [0.05, 0.1) is 16.3 Å². The highest BCUT2D eigenvalue weighted by molar-refractivity contribution is 8.00. The van der Waals surface area contributed by atoms with Crippen molar-refractivity contribution in [1.29, 1.82) is 0 Å². The Morgan fingerprint density at radius 2 is 1.93 bits per heavy atom. The first-order chi connectivity index (χ1) is 13.0. The number of Topliss-reactive ketones (excluding diaryl/α,β-unsaturated/α-hetero) is 1. The largest absolute Gasteiger partial charge is 0.326 e. The molecule has 0 aliphatic heterocycles. The second-order valence-electron chi connectivity index (χ2n) is 6.17. The van der Waals surface area contributed by atoms with E-state index in [1.54, 1.807) is 24.3 Å². The lowest BCUT2D eigenvalue weighted by Gasteiger charge is -2.12. The van der Waals surface area contributed by atoms with Gasteiger partial charge in [0.2, 0.25) is 5.91 Å². The van der Waals surface area contributed by atoms with Crippen LogP contribution < -0.4 is 5.32 Å². The zero-order chi connectivity index (χ0) is 19.4. The minimum Gasteiger partial charge on any atom is -0.326 e. The third kappa shape index (κ3) is 4.28. The van der Waals surface area contributed by atoms with Gasteiger partial charge >= 0.3 is 0 Å². The Bertz CT molecular complexity index is 992. The average molecular weight is 379 g/mol. The Labute approximate surface area is 162 Å². The number of nitrogens with zero attached hydrogens (tertiary/aromatic N) is 2.